The summed E-state index contributed by atoms with van der Waals surface area (Å²) in [5, 5.41) is 8.29. The summed E-state index contributed by atoms with van der Waals surface area (Å²) < 4.78 is 14.6. The SMILES string of the molecule is CC1(C)OB(C2(n3ccnn3)C=CC(c3ccccc3)=CC2)OC1(C)C. The predicted octanol–water partition coefficient (Wildman–Crippen LogP) is 3.65. The highest BCUT2D eigenvalue weighted by Gasteiger charge is 2.60. The van der Waals surface area contributed by atoms with Gasteiger partial charge in [0.05, 0.1) is 17.4 Å². The molecule has 1 atom stereocenters. The molecule has 1 aromatic carbocycles. The monoisotopic (exact) mass is 349 g/mol. The van der Waals surface area contributed by atoms with Gasteiger partial charge >= 0.3 is 7.12 Å². The summed E-state index contributed by atoms with van der Waals surface area (Å²) in [4.78, 5) is 0. The molecule has 1 saturated heterocycles. The smallest absolute Gasteiger partial charge is 0.401 e. The van der Waals surface area contributed by atoms with E-state index in [-0.39, 0.29) is 0 Å². The fourth-order valence-corrected chi connectivity index (χ4v) is 3.42. The van der Waals surface area contributed by atoms with E-state index in [1.807, 2.05) is 16.9 Å². The quantitative estimate of drug-likeness (QED) is 0.794. The maximum absolute atomic E-state index is 6.38. The first-order valence-electron chi connectivity index (χ1n) is 9.01. The van der Waals surface area contributed by atoms with E-state index in [0.717, 1.165) is 0 Å². The van der Waals surface area contributed by atoms with Gasteiger partial charge in [-0.1, -0.05) is 53.8 Å². The first-order chi connectivity index (χ1) is 12.3. The van der Waals surface area contributed by atoms with Crippen LogP contribution in [-0.4, -0.2) is 33.3 Å². The minimum Gasteiger partial charge on any atom is -0.401 e. The van der Waals surface area contributed by atoms with Gasteiger partial charge in [0.1, 0.15) is 5.44 Å². The maximum atomic E-state index is 6.38. The van der Waals surface area contributed by atoms with E-state index in [4.69, 9.17) is 9.31 Å². The standard InChI is InChI=1S/C20H24BN3O2/c1-18(2)19(3,4)26-21(25-18)20(24-15-14-22-23-24)12-10-17(11-13-20)16-8-6-5-7-9-16/h5-12,14-15H,13H2,1-4H3. The van der Waals surface area contributed by atoms with Crippen molar-refractivity contribution < 1.29 is 9.31 Å². The van der Waals surface area contributed by atoms with E-state index in [1.165, 1.54) is 11.1 Å². The summed E-state index contributed by atoms with van der Waals surface area (Å²) in [6.07, 6.45) is 10.8. The van der Waals surface area contributed by atoms with Crippen molar-refractivity contribution in [3.63, 3.8) is 0 Å². The maximum Gasteiger partial charge on any atom is 0.492 e. The Bertz CT molecular complexity index is 827. The average Bonchev–Trinajstić information content (AvgIpc) is 3.23. The van der Waals surface area contributed by atoms with E-state index in [9.17, 15) is 0 Å². The number of rotatable bonds is 3. The lowest BCUT2D eigenvalue weighted by atomic mass is 9.60. The van der Waals surface area contributed by atoms with Crippen LogP contribution in [0.25, 0.3) is 5.57 Å². The first-order valence-corrected chi connectivity index (χ1v) is 9.01. The van der Waals surface area contributed by atoms with E-state index in [2.05, 4.69) is 80.5 Å². The molecule has 0 spiro atoms. The Labute approximate surface area is 154 Å². The summed E-state index contributed by atoms with van der Waals surface area (Å²) in [5.74, 6) is 0. The second-order valence-electron chi connectivity index (χ2n) is 7.99. The zero-order chi connectivity index (χ0) is 18.4. The van der Waals surface area contributed by atoms with Crippen LogP contribution in [0.3, 0.4) is 0 Å². The molecule has 1 aliphatic carbocycles. The van der Waals surface area contributed by atoms with Crippen LogP contribution < -0.4 is 0 Å². The molecule has 1 aliphatic heterocycles. The summed E-state index contributed by atoms with van der Waals surface area (Å²) >= 11 is 0. The van der Waals surface area contributed by atoms with Crippen molar-refractivity contribution in [2.75, 3.05) is 0 Å². The molecule has 2 heterocycles. The molecule has 26 heavy (non-hydrogen) atoms. The van der Waals surface area contributed by atoms with Crippen LogP contribution in [0.15, 0.2) is 61.0 Å². The summed E-state index contributed by atoms with van der Waals surface area (Å²) in [5.41, 5.74) is 1.04. The van der Waals surface area contributed by atoms with Crippen molar-refractivity contribution in [2.45, 2.75) is 50.8 Å². The number of aromatic nitrogens is 3. The Morgan fingerprint density at radius 1 is 1.04 bits per heavy atom. The molecule has 0 bridgehead atoms. The fourth-order valence-electron chi connectivity index (χ4n) is 3.42. The summed E-state index contributed by atoms with van der Waals surface area (Å²) in [6.45, 7) is 8.28. The fraction of sp³-hybridized carbons (Fsp3) is 0.400. The molecular formula is C20H24BN3O2. The molecule has 2 aromatic rings. The molecule has 0 saturated carbocycles. The third-order valence-corrected chi connectivity index (χ3v) is 5.82. The molecule has 2 aliphatic rings. The lowest BCUT2D eigenvalue weighted by molar-refractivity contribution is 0.00578. The highest BCUT2D eigenvalue weighted by molar-refractivity contribution is 6.49. The number of hydrogen-bond donors (Lipinski definition) is 0. The van der Waals surface area contributed by atoms with Gasteiger partial charge in [0, 0.05) is 6.20 Å². The highest BCUT2D eigenvalue weighted by Crippen LogP contribution is 2.44. The third kappa shape index (κ3) is 2.64. The van der Waals surface area contributed by atoms with Crippen LogP contribution in [-0.2, 0) is 14.7 Å². The predicted molar refractivity (Wildman–Crippen MR) is 102 cm³/mol. The van der Waals surface area contributed by atoms with Gasteiger partial charge in [-0.3, -0.25) is 0 Å². The van der Waals surface area contributed by atoms with Gasteiger partial charge in [-0.05, 0) is 45.3 Å². The van der Waals surface area contributed by atoms with Crippen LogP contribution in [0, 0.1) is 0 Å². The van der Waals surface area contributed by atoms with Crippen LogP contribution in [0.1, 0.15) is 39.7 Å². The van der Waals surface area contributed by atoms with Crippen LogP contribution >= 0.6 is 0 Å². The molecule has 0 radical (unpaired) electrons. The molecular weight excluding hydrogens is 325 g/mol. The number of hydrogen-bond acceptors (Lipinski definition) is 4. The Morgan fingerprint density at radius 3 is 2.27 bits per heavy atom. The minimum absolute atomic E-state index is 0.400. The number of nitrogens with zero attached hydrogens (tertiary/aromatic N) is 3. The molecule has 1 fully saturated rings. The molecule has 6 heteroatoms. The molecule has 0 amide bonds. The van der Waals surface area contributed by atoms with E-state index < -0.39 is 23.8 Å². The van der Waals surface area contributed by atoms with Gasteiger partial charge in [-0.25, -0.2) is 4.68 Å². The van der Waals surface area contributed by atoms with Crippen molar-refractivity contribution in [2.24, 2.45) is 0 Å². The van der Waals surface area contributed by atoms with Crippen LogP contribution in [0.2, 0.25) is 0 Å². The van der Waals surface area contributed by atoms with Crippen molar-refractivity contribution in [3.8, 4) is 0 Å². The van der Waals surface area contributed by atoms with Gasteiger partial charge in [0.25, 0.3) is 0 Å². The summed E-state index contributed by atoms with van der Waals surface area (Å²) in [6, 6.07) is 10.4. The van der Waals surface area contributed by atoms with Crippen molar-refractivity contribution in [3.05, 3.63) is 66.5 Å². The largest absolute Gasteiger partial charge is 0.492 e. The Hall–Kier alpha value is -2.18. The van der Waals surface area contributed by atoms with Gasteiger partial charge in [0.2, 0.25) is 0 Å². The second kappa shape index (κ2) is 5.93. The van der Waals surface area contributed by atoms with E-state index in [1.54, 1.807) is 6.20 Å². The van der Waals surface area contributed by atoms with Gasteiger partial charge in [-0.15, -0.1) is 5.10 Å². The zero-order valence-electron chi connectivity index (χ0n) is 15.7. The van der Waals surface area contributed by atoms with Crippen molar-refractivity contribution >= 4 is 12.7 Å². The molecule has 0 N–H and O–H groups in total. The van der Waals surface area contributed by atoms with Gasteiger partial charge < -0.3 is 9.31 Å². The Balaban J connectivity index is 1.71. The van der Waals surface area contributed by atoms with Gasteiger partial charge in [0.15, 0.2) is 0 Å². The Kier molecular flexibility index (Phi) is 3.93. The topological polar surface area (TPSA) is 49.2 Å². The van der Waals surface area contributed by atoms with E-state index >= 15 is 0 Å². The second-order valence-corrected chi connectivity index (χ2v) is 7.99. The lowest BCUT2D eigenvalue weighted by Gasteiger charge is -2.34. The number of allylic oxidation sites excluding steroid dienone is 4. The highest BCUT2D eigenvalue weighted by atomic mass is 16.7. The molecule has 4 rings (SSSR count). The van der Waals surface area contributed by atoms with Crippen LogP contribution in [0.5, 0.6) is 0 Å². The number of benzene rings is 1. The van der Waals surface area contributed by atoms with E-state index in [0.29, 0.717) is 6.42 Å². The van der Waals surface area contributed by atoms with Crippen molar-refractivity contribution in [1.29, 1.82) is 0 Å². The normalized spacial score (nSPS) is 26.8. The average molecular weight is 349 g/mol. The van der Waals surface area contributed by atoms with Crippen LogP contribution in [0.4, 0.5) is 0 Å². The summed E-state index contributed by atoms with van der Waals surface area (Å²) in [7, 11) is -0.445. The Morgan fingerprint density at radius 2 is 1.73 bits per heavy atom. The third-order valence-electron chi connectivity index (χ3n) is 5.82. The molecule has 134 valence electrons. The molecule has 1 unspecified atom stereocenters. The first kappa shape index (κ1) is 17.2. The van der Waals surface area contributed by atoms with Crippen molar-refractivity contribution in [1.82, 2.24) is 15.0 Å². The minimum atomic E-state index is -0.556. The van der Waals surface area contributed by atoms with Gasteiger partial charge in [-0.2, -0.15) is 0 Å². The lowest BCUT2D eigenvalue weighted by Crippen LogP contribution is -2.50. The molecule has 1 aromatic heterocycles. The molecule has 5 nitrogen and oxygen atoms in total. The zero-order valence-corrected chi connectivity index (χ0v) is 15.7.